The molecule has 3 aromatic rings. The van der Waals surface area contributed by atoms with Crippen LogP contribution in [0.15, 0.2) is 70.3 Å². The highest BCUT2D eigenvalue weighted by Gasteiger charge is 2.25. The van der Waals surface area contributed by atoms with Crippen LogP contribution in [0.2, 0.25) is 0 Å². The number of nitrogens with zero attached hydrogens (tertiary/aromatic N) is 2. The van der Waals surface area contributed by atoms with E-state index in [9.17, 15) is 32.8 Å². The quantitative estimate of drug-likeness (QED) is 0.217. The van der Waals surface area contributed by atoms with Crippen LogP contribution >= 0.6 is 0 Å². The Hall–Kier alpha value is -5.07. The zero-order chi connectivity index (χ0) is 28.5. The normalized spacial score (nSPS) is 11.0. The summed E-state index contributed by atoms with van der Waals surface area (Å²) in [5.74, 6) is -3.40. The predicted octanol–water partition coefficient (Wildman–Crippen LogP) is 1.85. The van der Waals surface area contributed by atoms with Gasteiger partial charge in [-0.2, -0.15) is 8.78 Å². The van der Waals surface area contributed by atoms with Crippen molar-refractivity contribution in [1.82, 2.24) is 9.13 Å². The van der Waals surface area contributed by atoms with E-state index in [1.807, 2.05) is 0 Å². The fourth-order valence-electron chi connectivity index (χ4n) is 3.41. The Morgan fingerprint density at radius 1 is 1.00 bits per heavy atom. The Labute approximate surface area is 219 Å². The summed E-state index contributed by atoms with van der Waals surface area (Å²) < 4.78 is 39.6. The van der Waals surface area contributed by atoms with Gasteiger partial charge < -0.3 is 19.9 Å². The molecule has 0 saturated heterocycles. The summed E-state index contributed by atoms with van der Waals surface area (Å²) in [6.45, 7) is -4.76. The molecule has 0 fully saturated rings. The topological polar surface area (TPSA) is 149 Å². The molecular weight excluding hydrogens is 520 g/mol. The third-order valence-electron chi connectivity index (χ3n) is 5.31. The van der Waals surface area contributed by atoms with Crippen LogP contribution in [0.5, 0.6) is 5.75 Å². The number of benzene rings is 2. The maximum atomic E-state index is 13.0. The number of anilines is 1. The number of carbonyl (C=O) groups excluding carboxylic acids is 3. The molecule has 0 aliphatic carbocycles. The third kappa shape index (κ3) is 7.47. The smallest absolute Gasteiger partial charge is 0.387 e. The van der Waals surface area contributed by atoms with E-state index in [0.717, 1.165) is 17.8 Å². The van der Waals surface area contributed by atoms with Crippen molar-refractivity contribution in [1.29, 1.82) is 0 Å². The van der Waals surface area contributed by atoms with Gasteiger partial charge in [-0.25, -0.2) is 14.2 Å². The number of halogens is 2. The number of ether oxygens (including phenoxy) is 3. The number of hydrogen-bond donors (Lipinski definition) is 1. The fourth-order valence-corrected chi connectivity index (χ4v) is 3.41. The summed E-state index contributed by atoms with van der Waals surface area (Å²) in [5.41, 5.74) is 4.40. The molecule has 11 nitrogen and oxygen atoms in total. The van der Waals surface area contributed by atoms with E-state index in [4.69, 9.17) is 10.5 Å². The molecule has 0 radical (unpaired) electrons. The Morgan fingerprint density at radius 3 is 2.28 bits per heavy atom. The lowest BCUT2D eigenvalue weighted by Crippen LogP contribution is -2.46. The minimum Gasteiger partial charge on any atom is -0.468 e. The zero-order valence-corrected chi connectivity index (χ0v) is 20.5. The highest BCUT2D eigenvalue weighted by molar-refractivity contribution is 6.02. The van der Waals surface area contributed by atoms with Crippen LogP contribution in [0.4, 0.5) is 14.6 Å². The molecule has 1 aromatic heterocycles. The first-order valence-electron chi connectivity index (χ1n) is 11.3. The second-order valence-electron chi connectivity index (χ2n) is 7.89. The molecule has 0 aliphatic heterocycles. The molecule has 3 rings (SSSR count). The maximum Gasteiger partial charge on any atom is 0.387 e. The van der Waals surface area contributed by atoms with E-state index in [-0.39, 0.29) is 12.3 Å². The van der Waals surface area contributed by atoms with Crippen LogP contribution in [0.25, 0.3) is 6.08 Å². The lowest BCUT2D eigenvalue weighted by Gasteiger charge is -2.16. The van der Waals surface area contributed by atoms with E-state index >= 15 is 0 Å². The maximum absolute atomic E-state index is 13.0. The van der Waals surface area contributed by atoms with Gasteiger partial charge in [0.15, 0.2) is 6.61 Å². The number of aromatic nitrogens is 2. The number of hydrogen-bond acceptors (Lipinski definition) is 9. The second-order valence-corrected chi connectivity index (χ2v) is 7.89. The van der Waals surface area contributed by atoms with Crippen LogP contribution in [-0.4, -0.2) is 47.2 Å². The summed E-state index contributed by atoms with van der Waals surface area (Å²) in [5, 5.41) is 0. The molecule has 2 N–H and O–H groups in total. The van der Waals surface area contributed by atoms with Gasteiger partial charge in [-0.1, -0.05) is 42.5 Å². The number of esters is 2. The molecule has 0 saturated carbocycles. The van der Waals surface area contributed by atoms with Crippen molar-refractivity contribution in [3.05, 3.63) is 98.2 Å². The van der Waals surface area contributed by atoms with Crippen molar-refractivity contribution >= 4 is 29.6 Å². The van der Waals surface area contributed by atoms with E-state index < -0.39 is 60.1 Å². The number of Topliss-reactive ketones (excluding diaryl/α,β-unsaturated/α-hetero) is 1. The minimum atomic E-state index is -2.98. The second kappa shape index (κ2) is 12.9. The van der Waals surface area contributed by atoms with E-state index in [2.05, 4.69) is 9.47 Å². The number of methoxy groups -OCH3 is 1. The number of nitrogens with two attached hydrogens (primary N) is 1. The summed E-state index contributed by atoms with van der Waals surface area (Å²) in [7, 11) is 1.07. The number of ketones is 1. The first-order valence-corrected chi connectivity index (χ1v) is 11.3. The molecule has 39 heavy (non-hydrogen) atoms. The average molecular weight is 543 g/mol. The third-order valence-corrected chi connectivity index (χ3v) is 5.31. The molecular formula is C26H23F2N3O8. The van der Waals surface area contributed by atoms with Gasteiger partial charge in [-0.05, 0) is 29.3 Å². The summed E-state index contributed by atoms with van der Waals surface area (Å²) >= 11 is 0. The number of rotatable bonds is 11. The first kappa shape index (κ1) is 28.5. The van der Waals surface area contributed by atoms with Crippen LogP contribution in [-0.2, 0) is 32.2 Å². The molecule has 204 valence electrons. The SMILES string of the molecule is COC(=O)Cn1c(=O)c(C(=O)COC(=O)C=Cc2ccc(OC(F)F)cc2)c(N)n(Cc2ccccc2)c1=O. The summed E-state index contributed by atoms with van der Waals surface area (Å²) in [6, 6.07) is 13.9. The Morgan fingerprint density at radius 2 is 1.67 bits per heavy atom. The number of carbonyl (C=O) groups is 3. The molecule has 0 unspecified atom stereocenters. The first-order chi connectivity index (χ1) is 18.6. The Bertz CT molecular complexity index is 1500. The van der Waals surface area contributed by atoms with E-state index in [1.165, 1.54) is 30.3 Å². The molecule has 2 aromatic carbocycles. The van der Waals surface area contributed by atoms with E-state index in [1.54, 1.807) is 30.3 Å². The number of nitrogen functional groups attached to an aromatic ring is 1. The highest BCUT2D eigenvalue weighted by atomic mass is 19.3. The van der Waals surface area contributed by atoms with Gasteiger partial charge in [0.05, 0.1) is 13.7 Å². The Balaban J connectivity index is 1.82. The van der Waals surface area contributed by atoms with Gasteiger partial charge in [0.1, 0.15) is 23.7 Å². The molecule has 0 aliphatic rings. The lowest BCUT2D eigenvalue weighted by molar-refractivity contribution is -0.141. The molecule has 1 heterocycles. The van der Waals surface area contributed by atoms with Gasteiger partial charge in [0.2, 0.25) is 5.78 Å². The van der Waals surface area contributed by atoms with Gasteiger partial charge in [-0.3, -0.25) is 19.0 Å². The predicted molar refractivity (Wildman–Crippen MR) is 134 cm³/mol. The monoisotopic (exact) mass is 543 g/mol. The van der Waals surface area contributed by atoms with Gasteiger partial charge in [0, 0.05) is 6.08 Å². The van der Waals surface area contributed by atoms with Crippen molar-refractivity contribution in [3.8, 4) is 5.75 Å². The van der Waals surface area contributed by atoms with E-state index in [0.29, 0.717) is 15.7 Å². The fraction of sp³-hybridized carbons (Fsp3) is 0.192. The number of alkyl halides is 2. The summed E-state index contributed by atoms with van der Waals surface area (Å²) in [4.78, 5) is 62.8. The van der Waals surface area contributed by atoms with Gasteiger partial charge in [0.25, 0.3) is 5.56 Å². The van der Waals surface area contributed by atoms with Crippen molar-refractivity contribution in [2.24, 2.45) is 0 Å². The van der Waals surface area contributed by atoms with Crippen LogP contribution < -0.4 is 21.7 Å². The standard InChI is InChI=1S/C26H23F2N3O8/c1-37-21(34)14-31-24(35)22(23(29)30(26(31)36)13-17-5-3-2-4-6-17)19(32)15-38-20(33)12-9-16-7-10-18(11-8-16)39-25(27)28/h2-12,25H,13-15,29H2,1H3. The molecule has 0 atom stereocenters. The van der Waals surface area contributed by atoms with Crippen molar-refractivity contribution in [3.63, 3.8) is 0 Å². The largest absolute Gasteiger partial charge is 0.468 e. The Kier molecular flexibility index (Phi) is 9.46. The molecule has 0 spiro atoms. The van der Waals surface area contributed by atoms with Gasteiger partial charge >= 0.3 is 24.2 Å². The minimum absolute atomic E-state index is 0.0700. The van der Waals surface area contributed by atoms with Crippen molar-refractivity contribution < 1.29 is 37.4 Å². The van der Waals surface area contributed by atoms with Crippen LogP contribution in [0.1, 0.15) is 21.5 Å². The lowest BCUT2D eigenvalue weighted by atomic mass is 10.1. The molecule has 13 heteroatoms. The van der Waals surface area contributed by atoms with Crippen LogP contribution in [0, 0.1) is 0 Å². The molecule has 0 amide bonds. The van der Waals surface area contributed by atoms with Crippen molar-refractivity contribution in [2.75, 3.05) is 19.5 Å². The van der Waals surface area contributed by atoms with Crippen LogP contribution in [0.3, 0.4) is 0 Å². The van der Waals surface area contributed by atoms with Crippen molar-refractivity contribution in [2.45, 2.75) is 19.7 Å². The zero-order valence-electron chi connectivity index (χ0n) is 20.5. The van der Waals surface area contributed by atoms with Gasteiger partial charge in [-0.15, -0.1) is 0 Å². The average Bonchev–Trinajstić information content (AvgIpc) is 2.92. The highest BCUT2D eigenvalue weighted by Crippen LogP contribution is 2.16. The molecule has 0 bridgehead atoms. The summed E-state index contributed by atoms with van der Waals surface area (Å²) in [6.07, 6.45) is 2.28.